The summed E-state index contributed by atoms with van der Waals surface area (Å²) in [4.78, 5) is 24.0. The Kier molecular flexibility index (Phi) is 4.90. The number of carbonyl (C=O) groups excluding carboxylic acids is 1. The van der Waals surface area contributed by atoms with E-state index in [1.807, 2.05) is 47.8 Å². The van der Waals surface area contributed by atoms with Gasteiger partial charge in [0.15, 0.2) is 0 Å². The number of hydrogen-bond acceptors (Lipinski definition) is 4. The van der Waals surface area contributed by atoms with Gasteiger partial charge in [-0.05, 0) is 17.0 Å². The lowest BCUT2D eigenvalue weighted by atomic mass is 9.96. The molecule has 0 aliphatic carbocycles. The number of carboxylic acid groups (broad SMARTS) is 1. The van der Waals surface area contributed by atoms with E-state index < -0.39 is 11.9 Å². The maximum absolute atomic E-state index is 12.0. The van der Waals surface area contributed by atoms with Crippen LogP contribution in [0, 0.1) is 0 Å². The van der Waals surface area contributed by atoms with Crippen LogP contribution in [-0.2, 0) is 14.3 Å². The van der Waals surface area contributed by atoms with Gasteiger partial charge < -0.3 is 9.84 Å². The van der Waals surface area contributed by atoms with E-state index >= 15 is 0 Å². The summed E-state index contributed by atoms with van der Waals surface area (Å²) in [6.07, 6.45) is -0.380. The van der Waals surface area contributed by atoms with Crippen molar-refractivity contribution in [2.45, 2.75) is 6.42 Å². The van der Waals surface area contributed by atoms with Gasteiger partial charge in [-0.2, -0.15) is 0 Å². The van der Waals surface area contributed by atoms with Crippen molar-refractivity contribution in [3.05, 3.63) is 63.9 Å². The van der Waals surface area contributed by atoms with Gasteiger partial charge in [0.1, 0.15) is 0 Å². The molecule has 1 aromatic heterocycles. The highest BCUT2D eigenvalue weighted by atomic mass is 32.1. The molecule has 2 rings (SSSR count). The lowest BCUT2D eigenvalue weighted by molar-refractivity contribution is -0.141. The van der Waals surface area contributed by atoms with Crippen molar-refractivity contribution in [3.63, 3.8) is 0 Å². The van der Waals surface area contributed by atoms with E-state index in [0.29, 0.717) is 5.57 Å². The van der Waals surface area contributed by atoms with Crippen molar-refractivity contribution in [2.75, 3.05) is 7.11 Å². The van der Waals surface area contributed by atoms with Gasteiger partial charge in [-0.15, -0.1) is 11.3 Å². The van der Waals surface area contributed by atoms with Crippen LogP contribution in [0.2, 0.25) is 0 Å². The number of esters is 1. The van der Waals surface area contributed by atoms with Crippen LogP contribution in [0.15, 0.2) is 53.4 Å². The standard InChI is InChI=1S/C16H14O4S/c1-20-16(19)12(10-14(17)18)15(13-8-5-9-21-13)11-6-3-2-4-7-11/h2-9H,10H2,1H3,(H,17,18)/b15-12-. The summed E-state index contributed by atoms with van der Waals surface area (Å²) >= 11 is 1.45. The molecule has 2 aromatic rings. The van der Waals surface area contributed by atoms with E-state index in [0.717, 1.165) is 10.4 Å². The lowest BCUT2D eigenvalue weighted by Gasteiger charge is -2.12. The molecule has 1 aromatic carbocycles. The van der Waals surface area contributed by atoms with Gasteiger partial charge in [-0.3, -0.25) is 4.79 Å². The molecule has 0 atom stereocenters. The van der Waals surface area contributed by atoms with Gasteiger partial charge in [0, 0.05) is 10.5 Å². The summed E-state index contributed by atoms with van der Waals surface area (Å²) in [5, 5.41) is 11.0. The molecule has 5 heteroatoms. The maximum atomic E-state index is 12.0. The zero-order chi connectivity index (χ0) is 15.2. The van der Waals surface area contributed by atoms with Gasteiger partial charge in [0.05, 0.1) is 19.1 Å². The molecule has 0 unspecified atom stereocenters. The number of ether oxygens (including phenoxy) is 1. The molecule has 0 radical (unpaired) electrons. The molecule has 0 saturated heterocycles. The maximum Gasteiger partial charge on any atom is 0.335 e. The van der Waals surface area contributed by atoms with Crippen molar-refractivity contribution >= 4 is 28.8 Å². The third-order valence-corrected chi connectivity index (χ3v) is 3.78. The summed E-state index contributed by atoms with van der Waals surface area (Å²) in [5.41, 5.74) is 1.56. The van der Waals surface area contributed by atoms with Gasteiger partial charge in [-0.25, -0.2) is 4.79 Å². The van der Waals surface area contributed by atoms with Crippen LogP contribution < -0.4 is 0 Å². The zero-order valence-corrected chi connectivity index (χ0v) is 12.2. The third kappa shape index (κ3) is 3.58. The summed E-state index contributed by atoms with van der Waals surface area (Å²) in [6, 6.07) is 13.0. The van der Waals surface area contributed by atoms with Crippen LogP contribution in [0.5, 0.6) is 0 Å². The molecule has 1 heterocycles. The van der Waals surface area contributed by atoms with Crippen LogP contribution in [0.4, 0.5) is 0 Å². The molecule has 4 nitrogen and oxygen atoms in total. The predicted molar refractivity (Wildman–Crippen MR) is 81.1 cm³/mol. The molecule has 0 spiro atoms. The second-order valence-corrected chi connectivity index (χ2v) is 5.21. The lowest BCUT2D eigenvalue weighted by Crippen LogP contribution is -2.12. The average molecular weight is 302 g/mol. The summed E-state index contributed by atoms with van der Waals surface area (Å²) in [6.45, 7) is 0. The first-order valence-electron chi connectivity index (χ1n) is 6.26. The monoisotopic (exact) mass is 302 g/mol. The summed E-state index contributed by atoms with van der Waals surface area (Å²) in [7, 11) is 1.25. The second-order valence-electron chi connectivity index (χ2n) is 4.26. The van der Waals surface area contributed by atoms with Gasteiger partial charge >= 0.3 is 11.9 Å². The minimum atomic E-state index is -1.07. The molecule has 0 aliphatic heterocycles. The van der Waals surface area contributed by atoms with Crippen LogP contribution in [0.3, 0.4) is 0 Å². The van der Waals surface area contributed by atoms with E-state index in [9.17, 15) is 9.59 Å². The number of rotatable bonds is 5. The zero-order valence-electron chi connectivity index (χ0n) is 11.4. The van der Waals surface area contributed by atoms with Crippen molar-refractivity contribution in [1.29, 1.82) is 0 Å². The van der Waals surface area contributed by atoms with Gasteiger partial charge in [0.25, 0.3) is 0 Å². The fourth-order valence-electron chi connectivity index (χ4n) is 2.03. The first-order valence-corrected chi connectivity index (χ1v) is 7.14. The molecule has 0 aliphatic rings. The largest absolute Gasteiger partial charge is 0.481 e. The van der Waals surface area contributed by atoms with Crippen molar-refractivity contribution < 1.29 is 19.4 Å². The highest BCUT2D eigenvalue weighted by Crippen LogP contribution is 2.32. The molecule has 0 amide bonds. The molecular formula is C16H14O4S. The minimum Gasteiger partial charge on any atom is -0.481 e. The highest BCUT2D eigenvalue weighted by Gasteiger charge is 2.22. The molecule has 0 saturated carbocycles. The number of hydrogen-bond donors (Lipinski definition) is 1. The Labute approximate surface area is 126 Å². The molecule has 1 N–H and O–H groups in total. The predicted octanol–water partition coefficient (Wildman–Crippen LogP) is 3.20. The Morgan fingerprint density at radius 2 is 1.86 bits per heavy atom. The Morgan fingerprint density at radius 3 is 2.38 bits per heavy atom. The van der Waals surface area contributed by atoms with E-state index in [2.05, 4.69) is 0 Å². The normalized spacial score (nSPS) is 11.7. The molecular weight excluding hydrogens is 288 g/mol. The van der Waals surface area contributed by atoms with E-state index in [1.54, 1.807) is 0 Å². The van der Waals surface area contributed by atoms with Crippen LogP contribution in [-0.4, -0.2) is 24.2 Å². The first-order chi connectivity index (χ1) is 10.1. The smallest absolute Gasteiger partial charge is 0.335 e. The van der Waals surface area contributed by atoms with Crippen LogP contribution >= 0.6 is 11.3 Å². The second kappa shape index (κ2) is 6.85. The van der Waals surface area contributed by atoms with Crippen molar-refractivity contribution in [2.24, 2.45) is 0 Å². The van der Waals surface area contributed by atoms with Crippen LogP contribution in [0.25, 0.3) is 5.57 Å². The fraction of sp³-hybridized carbons (Fsp3) is 0.125. The number of aliphatic carboxylic acids is 1. The number of methoxy groups -OCH3 is 1. The topological polar surface area (TPSA) is 63.6 Å². The fourth-order valence-corrected chi connectivity index (χ4v) is 2.85. The van der Waals surface area contributed by atoms with E-state index in [-0.39, 0.29) is 12.0 Å². The SMILES string of the molecule is COC(=O)/C(CC(=O)O)=C(/c1ccccc1)c1cccs1. The number of benzene rings is 1. The van der Waals surface area contributed by atoms with Gasteiger partial charge in [0.2, 0.25) is 0 Å². The Hall–Kier alpha value is -2.40. The minimum absolute atomic E-state index is 0.152. The average Bonchev–Trinajstić information content (AvgIpc) is 3.00. The molecule has 0 fully saturated rings. The molecule has 108 valence electrons. The number of thiophene rings is 1. The number of carboxylic acids is 1. The summed E-state index contributed by atoms with van der Waals surface area (Å²) in [5.74, 6) is -1.69. The number of carbonyl (C=O) groups is 2. The highest BCUT2D eigenvalue weighted by molar-refractivity contribution is 7.11. The summed E-state index contributed by atoms with van der Waals surface area (Å²) < 4.78 is 4.76. The quantitative estimate of drug-likeness (QED) is 0.680. The Morgan fingerprint density at radius 1 is 1.14 bits per heavy atom. The third-order valence-electron chi connectivity index (χ3n) is 2.89. The Balaban J connectivity index is 2.67. The van der Waals surface area contributed by atoms with Crippen molar-refractivity contribution in [3.8, 4) is 0 Å². The first kappa shape index (κ1) is 15.0. The van der Waals surface area contributed by atoms with E-state index in [1.165, 1.54) is 18.4 Å². The molecule has 21 heavy (non-hydrogen) atoms. The van der Waals surface area contributed by atoms with Gasteiger partial charge in [-0.1, -0.05) is 36.4 Å². The van der Waals surface area contributed by atoms with Crippen molar-refractivity contribution in [1.82, 2.24) is 0 Å². The van der Waals surface area contributed by atoms with E-state index in [4.69, 9.17) is 9.84 Å². The Bertz CT molecular complexity index is 657. The van der Waals surface area contributed by atoms with Crippen LogP contribution in [0.1, 0.15) is 16.9 Å². The molecule has 0 bridgehead atoms.